The van der Waals surface area contributed by atoms with Gasteiger partial charge in [0.1, 0.15) is 17.3 Å². The van der Waals surface area contributed by atoms with Gasteiger partial charge in [0, 0.05) is 49.5 Å². The Labute approximate surface area is 187 Å². The number of aromatic nitrogens is 1. The number of carbonyl (C=O) groups excluding carboxylic acids is 1. The van der Waals surface area contributed by atoms with Crippen LogP contribution in [0.3, 0.4) is 0 Å². The number of hydrogen-bond donors (Lipinski definition) is 0. The third-order valence-electron chi connectivity index (χ3n) is 6.86. The van der Waals surface area contributed by atoms with Crippen LogP contribution in [0.1, 0.15) is 22.1 Å². The Hall–Kier alpha value is -2.57. The molecule has 0 aliphatic carbocycles. The predicted octanol–water partition coefficient (Wildman–Crippen LogP) is 4.12. The van der Waals surface area contributed by atoms with Gasteiger partial charge in [0.25, 0.3) is 5.91 Å². The van der Waals surface area contributed by atoms with E-state index < -0.39 is 0 Å². The summed E-state index contributed by atoms with van der Waals surface area (Å²) < 4.78 is 20.8. The van der Waals surface area contributed by atoms with Gasteiger partial charge in [-0.15, -0.1) is 12.4 Å². The maximum Gasteiger partial charge on any atom is 0.270 e. The van der Waals surface area contributed by atoms with Crippen molar-refractivity contribution in [2.24, 2.45) is 18.9 Å². The largest absolute Gasteiger partial charge is 0.497 e. The molecule has 3 heterocycles. The summed E-state index contributed by atoms with van der Waals surface area (Å²) in [7, 11) is 5.71. The van der Waals surface area contributed by atoms with E-state index in [0.717, 1.165) is 36.3 Å². The van der Waals surface area contributed by atoms with Crippen LogP contribution in [0.25, 0.3) is 10.9 Å². The number of fused-ring (bicyclic) bond motifs is 2. The lowest BCUT2D eigenvalue weighted by Crippen LogP contribution is -2.34. The quantitative estimate of drug-likeness (QED) is 0.611. The van der Waals surface area contributed by atoms with Gasteiger partial charge in [0.15, 0.2) is 0 Å². The Morgan fingerprint density at radius 1 is 1.03 bits per heavy atom. The maximum atomic E-state index is 13.6. The first kappa shape index (κ1) is 21.7. The molecule has 2 aliphatic rings. The molecule has 2 aromatic carbocycles. The molecule has 31 heavy (non-hydrogen) atoms. The van der Waals surface area contributed by atoms with Gasteiger partial charge in [0.2, 0.25) is 0 Å². The maximum absolute atomic E-state index is 13.6. The van der Waals surface area contributed by atoms with Crippen LogP contribution in [0.5, 0.6) is 5.75 Å². The van der Waals surface area contributed by atoms with Crippen LogP contribution in [0.15, 0.2) is 48.5 Å². The second-order valence-corrected chi connectivity index (χ2v) is 8.58. The molecular weight excluding hydrogens is 417 g/mol. The summed E-state index contributed by atoms with van der Waals surface area (Å²) in [5, 5.41) is 0.760. The van der Waals surface area contributed by atoms with Gasteiger partial charge in [-0.1, -0.05) is 12.1 Å². The van der Waals surface area contributed by atoms with E-state index >= 15 is 0 Å². The van der Waals surface area contributed by atoms with Gasteiger partial charge in [-0.05, 0) is 54.9 Å². The number of benzene rings is 2. The van der Waals surface area contributed by atoms with E-state index in [0.29, 0.717) is 23.6 Å². The Morgan fingerprint density at radius 3 is 2.48 bits per heavy atom. The fraction of sp³-hybridized carbons (Fsp3) is 0.375. The Balaban J connectivity index is 0.00000231. The number of ether oxygens (including phenoxy) is 1. The van der Waals surface area contributed by atoms with Gasteiger partial charge < -0.3 is 14.2 Å². The molecule has 0 bridgehead atoms. The van der Waals surface area contributed by atoms with Crippen molar-refractivity contribution in [2.75, 3.05) is 33.8 Å². The molecule has 2 aliphatic heterocycles. The standard InChI is InChI=1S/C24H26FN3O2.ClH/c1-26-12-17-13-28(14-20(17)23(26)15-4-7-19(30-3)8-5-15)24(29)22-11-16-10-18(25)6-9-21(16)27(22)2;/h4-11,17,20,23H,12-14H2,1-3H3;1H/t17-,20+,23-;/m0./s1. The molecule has 1 aromatic heterocycles. The summed E-state index contributed by atoms with van der Waals surface area (Å²) in [5.41, 5.74) is 2.75. The van der Waals surface area contributed by atoms with Crippen LogP contribution in [0, 0.1) is 17.7 Å². The number of rotatable bonds is 3. The van der Waals surface area contributed by atoms with Gasteiger partial charge in [-0.25, -0.2) is 4.39 Å². The molecular formula is C24H27ClFN3O2. The van der Waals surface area contributed by atoms with E-state index in [1.165, 1.54) is 17.7 Å². The Morgan fingerprint density at radius 2 is 1.77 bits per heavy atom. The summed E-state index contributed by atoms with van der Waals surface area (Å²) >= 11 is 0. The molecule has 1 amide bonds. The average Bonchev–Trinajstić information content (AvgIpc) is 3.38. The highest BCUT2D eigenvalue weighted by Gasteiger charge is 2.47. The number of amides is 1. The van der Waals surface area contributed by atoms with Crippen molar-refractivity contribution in [2.45, 2.75) is 6.04 Å². The van der Waals surface area contributed by atoms with Gasteiger partial charge in [-0.2, -0.15) is 0 Å². The van der Waals surface area contributed by atoms with Gasteiger partial charge in [-0.3, -0.25) is 9.69 Å². The molecule has 3 aromatic rings. The fourth-order valence-corrected chi connectivity index (χ4v) is 5.41. The van der Waals surface area contributed by atoms with Crippen LogP contribution in [0.2, 0.25) is 0 Å². The fourth-order valence-electron chi connectivity index (χ4n) is 5.41. The van der Waals surface area contributed by atoms with Crippen molar-refractivity contribution >= 4 is 29.2 Å². The van der Waals surface area contributed by atoms with E-state index in [1.807, 2.05) is 34.7 Å². The second-order valence-electron chi connectivity index (χ2n) is 8.58. The number of hydrogen-bond acceptors (Lipinski definition) is 3. The van der Waals surface area contributed by atoms with Crippen molar-refractivity contribution in [3.8, 4) is 5.75 Å². The van der Waals surface area contributed by atoms with Gasteiger partial charge >= 0.3 is 0 Å². The lowest BCUT2D eigenvalue weighted by molar-refractivity contribution is 0.0759. The van der Waals surface area contributed by atoms with E-state index in [9.17, 15) is 9.18 Å². The highest BCUT2D eigenvalue weighted by Crippen LogP contribution is 2.44. The van der Waals surface area contributed by atoms with E-state index in [-0.39, 0.29) is 24.1 Å². The first-order valence-electron chi connectivity index (χ1n) is 10.3. The van der Waals surface area contributed by atoms with Crippen LogP contribution >= 0.6 is 12.4 Å². The number of halogens is 2. The van der Waals surface area contributed by atoms with Crippen molar-refractivity contribution in [1.29, 1.82) is 0 Å². The van der Waals surface area contributed by atoms with Crippen molar-refractivity contribution in [3.05, 3.63) is 65.6 Å². The van der Waals surface area contributed by atoms with E-state index in [1.54, 1.807) is 13.2 Å². The molecule has 0 radical (unpaired) electrons. The minimum atomic E-state index is -0.284. The number of carbonyl (C=O) groups is 1. The first-order chi connectivity index (χ1) is 14.5. The van der Waals surface area contributed by atoms with Crippen molar-refractivity contribution in [3.63, 3.8) is 0 Å². The molecule has 3 atom stereocenters. The molecule has 5 rings (SSSR count). The Kier molecular flexibility index (Phi) is 5.71. The smallest absolute Gasteiger partial charge is 0.270 e. The summed E-state index contributed by atoms with van der Waals surface area (Å²) in [5.74, 6) is 1.46. The number of methoxy groups -OCH3 is 1. The van der Waals surface area contributed by atoms with E-state index in [2.05, 4.69) is 24.1 Å². The van der Waals surface area contributed by atoms with E-state index in [4.69, 9.17) is 4.74 Å². The monoisotopic (exact) mass is 443 g/mol. The highest BCUT2D eigenvalue weighted by molar-refractivity contribution is 5.98. The molecule has 164 valence electrons. The van der Waals surface area contributed by atoms with Crippen LogP contribution in [-0.4, -0.2) is 54.1 Å². The van der Waals surface area contributed by atoms with Crippen LogP contribution in [-0.2, 0) is 7.05 Å². The third-order valence-corrected chi connectivity index (χ3v) is 6.86. The average molecular weight is 444 g/mol. The summed E-state index contributed by atoms with van der Waals surface area (Å²) in [6.45, 7) is 2.47. The zero-order chi connectivity index (χ0) is 21.0. The van der Waals surface area contributed by atoms with Crippen molar-refractivity contribution in [1.82, 2.24) is 14.4 Å². The van der Waals surface area contributed by atoms with Crippen LogP contribution in [0.4, 0.5) is 4.39 Å². The lowest BCUT2D eigenvalue weighted by Gasteiger charge is -2.27. The van der Waals surface area contributed by atoms with Gasteiger partial charge in [0.05, 0.1) is 7.11 Å². The van der Waals surface area contributed by atoms with Crippen molar-refractivity contribution < 1.29 is 13.9 Å². The molecule has 7 heteroatoms. The first-order valence-corrected chi connectivity index (χ1v) is 10.3. The molecule has 2 saturated heterocycles. The molecule has 5 nitrogen and oxygen atoms in total. The number of likely N-dealkylation sites (tertiary alicyclic amines) is 2. The predicted molar refractivity (Wildman–Crippen MR) is 121 cm³/mol. The number of aryl methyl sites for hydroxylation is 1. The second kappa shape index (κ2) is 8.17. The Bertz CT molecular complexity index is 1110. The highest BCUT2D eigenvalue weighted by atomic mass is 35.5. The SMILES string of the molecule is COc1ccc([C@H]2[C@@H]3CN(C(=O)c4cc5cc(F)ccc5n4C)C[C@@H]3CN2C)cc1.Cl. The molecule has 0 saturated carbocycles. The minimum Gasteiger partial charge on any atom is -0.497 e. The zero-order valence-corrected chi connectivity index (χ0v) is 18.7. The normalized spacial score (nSPS) is 23.1. The van der Waals surface area contributed by atoms with Crippen LogP contribution < -0.4 is 4.74 Å². The summed E-state index contributed by atoms with van der Waals surface area (Å²) in [4.78, 5) is 17.7. The zero-order valence-electron chi connectivity index (χ0n) is 17.9. The third kappa shape index (κ3) is 3.58. The lowest BCUT2D eigenvalue weighted by atomic mass is 9.89. The topological polar surface area (TPSA) is 37.7 Å². The summed E-state index contributed by atoms with van der Waals surface area (Å²) in [6, 6.07) is 15.0. The molecule has 0 N–H and O–H groups in total. The molecule has 2 fully saturated rings. The minimum absolute atomic E-state index is 0. The molecule has 0 unspecified atom stereocenters. The summed E-state index contributed by atoms with van der Waals surface area (Å²) in [6.07, 6.45) is 0. The molecule has 0 spiro atoms. The number of nitrogens with zero attached hydrogens (tertiary/aromatic N) is 3.